The molecule has 0 aliphatic heterocycles. The number of hydrogen-bond acceptors (Lipinski definition) is 2. The molecule has 0 amide bonds. The summed E-state index contributed by atoms with van der Waals surface area (Å²) < 4.78 is 0. The summed E-state index contributed by atoms with van der Waals surface area (Å²) in [6.07, 6.45) is 4.43. The second kappa shape index (κ2) is 3.29. The van der Waals surface area contributed by atoms with Gasteiger partial charge in [0.1, 0.15) is 0 Å². The first-order chi connectivity index (χ1) is 7.68. The molecule has 1 unspecified atom stereocenters. The molecule has 1 atom stereocenters. The highest BCUT2D eigenvalue weighted by Crippen LogP contribution is 2.43. The van der Waals surface area contributed by atoms with Crippen LogP contribution in [0.5, 0.6) is 0 Å². The molecule has 0 saturated heterocycles. The average Bonchev–Trinajstić information content (AvgIpc) is 3.12. The Morgan fingerprint density at radius 2 is 2.06 bits per heavy atom. The van der Waals surface area contributed by atoms with Crippen molar-refractivity contribution in [1.29, 1.82) is 0 Å². The highest BCUT2D eigenvalue weighted by atomic mass is 14.8. The summed E-state index contributed by atoms with van der Waals surface area (Å²) in [7, 11) is 0. The molecule has 16 heavy (non-hydrogen) atoms. The van der Waals surface area contributed by atoms with E-state index in [4.69, 9.17) is 5.73 Å². The van der Waals surface area contributed by atoms with Crippen molar-refractivity contribution >= 4 is 10.9 Å². The molecule has 1 fully saturated rings. The standard InChI is InChI=1S/C14H16N2/c1-14(15,11-6-7-11)12-8-10-4-2-3-5-13(10)16-9-12/h2-5,8-9,11H,6-7,15H2,1H3. The van der Waals surface area contributed by atoms with Crippen LogP contribution in [0.25, 0.3) is 10.9 Å². The molecular formula is C14H16N2. The molecule has 1 aliphatic rings. The summed E-state index contributed by atoms with van der Waals surface area (Å²) in [6, 6.07) is 10.4. The van der Waals surface area contributed by atoms with Gasteiger partial charge in [-0.15, -0.1) is 0 Å². The number of para-hydroxylation sites is 1. The predicted molar refractivity (Wildman–Crippen MR) is 66.0 cm³/mol. The first-order valence-electron chi connectivity index (χ1n) is 5.82. The summed E-state index contributed by atoms with van der Waals surface area (Å²) in [5.74, 6) is 0.635. The van der Waals surface area contributed by atoms with Crippen LogP contribution in [-0.4, -0.2) is 4.98 Å². The lowest BCUT2D eigenvalue weighted by Gasteiger charge is -2.24. The van der Waals surface area contributed by atoms with Crippen molar-refractivity contribution in [3.8, 4) is 0 Å². The Hall–Kier alpha value is -1.41. The second-order valence-electron chi connectivity index (χ2n) is 4.97. The summed E-state index contributed by atoms with van der Waals surface area (Å²) >= 11 is 0. The maximum atomic E-state index is 6.39. The largest absolute Gasteiger partial charge is 0.321 e. The number of nitrogens with zero attached hydrogens (tertiary/aromatic N) is 1. The van der Waals surface area contributed by atoms with Gasteiger partial charge in [-0.25, -0.2) is 0 Å². The van der Waals surface area contributed by atoms with Gasteiger partial charge < -0.3 is 5.73 Å². The van der Waals surface area contributed by atoms with Crippen molar-refractivity contribution in [2.24, 2.45) is 11.7 Å². The fourth-order valence-corrected chi connectivity index (χ4v) is 2.28. The lowest BCUT2D eigenvalue weighted by Crippen LogP contribution is -2.35. The molecule has 3 rings (SSSR count). The zero-order chi connectivity index (χ0) is 11.2. The number of pyridine rings is 1. The van der Waals surface area contributed by atoms with E-state index in [1.807, 2.05) is 24.4 Å². The van der Waals surface area contributed by atoms with Gasteiger partial charge in [0.2, 0.25) is 0 Å². The van der Waals surface area contributed by atoms with Crippen molar-refractivity contribution in [1.82, 2.24) is 4.98 Å². The fourth-order valence-electron chi connectivity index (χ4n) is 2.28. The SMILES string of the molecule is CC(N)(c1cnc2ccccc2c1)C1CC1. The second-order valence-corrected chi connectivity index (χ2v) is 4.97. The number of rotatable bonds is 2. The van der Waals surface area contributed by atoms with Crippen molar-refractivity contribution in [3.63, 3.8) is 0 Å². The van der Waals surface area contributed by atoms with Crippen LogP contribution in [0.2, 0.25) is 0 Å². The van der Waals surface area contributed by atoms with Gasteiger partial charge in [-0.1, -0.05) is 18.2 Å². The molecule has 0 spiro atoms. The molecule has 82 valence electrons. The van der Waals surface area contributed by atoms with Gasteiger partial charge in [-0.05, 0) is 43.4 Å². The molecule has 2 aromatic rings. The quantitative estimate of drug-likeness (QED) is 0.831. The van der Waals surface area contributed by atoms with Gasteiger partial charge in [-0.3, -0.25) is 4.98 Å². The Bertz CT molecular complexity index is 527. The molecule has 2 N–H and O–H groups in total. The Kier molecular flexibility index (Phi) is 2.01. The van der Waals surface area contributed by atoms with Crippen LogP contribution in [0.4, 0.5) is 0 Å². The first-order valence-corrected chi connectivity index (χ1v) is 5.82. The monoisotopic (exact) mass is 212 g/mol. The number of fused-ring (bicyclic) bond motifs is 1. The highest BCUT2D eigenvalue weighted by Gasteiger charge is 2.39. The highest BCUT2D eigenvalue weighted by molar-refractivity contribution is 5.79. The zero-order valence-corrected chi connectivity index (χ0v) is 9.48. The van der Waals surface area contributed by atoms with Crippen LogP contribution >= 0.6 is 0 Å². The van der Waals surface area contributed by atoms with E-state index in [1.165, 1.54) is 18.2 Å². The molecule has 2 heteroatoms. The lowest BCUT2D eigenvalue weighted by molar-refractivity contribution is 0.426. The molecule has 1 heterocycles. The van der Waals surface area contributed by atoms with Crippen LogP contribution in [-0.2, 0) is 5.54 Å². The summed E-state index contributed by atoms with van der Waals surface area (Å²) in [4.78, 5) is 4.48. The van der Waals surface area contributed by atoms with E-state index in [9.17, 15) is 0 Å². The van der Waals surface area contributed by atoms with E-state index in [0.29, 0.717) is 5.92 Å². The molecule has 0 bridgehead atoms. The Balaban J connectivity index is 2.11. The van der Waals surface area contributed by atoms with Crippen molar-refractivity contribution in [2.45, 2.75) is 25.3 Å². The minimum atomic E-state index is -0.211. The smallest absolute Gasteiger partial charge is 0.0702 e. The third-order valence-electron chi connectivity index (χ3n) is 3.64. The summed E-state index contributed by atoms with van der Waals surface area (Å²) in [5.41, 5.74) is 8.38. The van der Waals surface area contributed by atoms with Gasteiger partial charge in [0.05, 0.1) is 5.52 Å². The molecule has 1 aromatic heterocycles. The Labute approximate surface area is 95.5 Å². The van der Waals surface area contributed by atoms with Gasteiger partial charge >= 0.3 is 0 Å². The third kappa shape index (κ3) is 1.50. The van der Waals surface area contributed by atoms with Crippen LogP contribution in [0.15, 0.2) is 36.5 Å². The minimum absolute atomic E-state index is 0.211. The molecule has 2 nitrogen and oxygen atoms in total. The molecular weight excluding hydrogens is 196 g/mol. The summed E-state index contributed by atoms with van der Waals surface area (Å²) in [6.45, 7) is 2.12. The van der Waals surface area contributed by atoms with Crippen LogP contribution in [0.1, 0.15) is 25.3 Å². The minimum Gasteiger partial charge on any atom is -0.321 e. The van der Waals surface area contributed by atoms with Crippen LogP contribution in [0.3, 0.4) is 0 Å². The fraction of sp³-hybridized carbons (Fsp3) is 0.357. The average molecular weight is 212 g/mol. The molecule has 1 aliphatic carbocycles. The van der Waals surface area contributed by atoms with Gasteiger partial charge in [0, 0.05) is 17.1 Å². The predicted octanol–water partition coefficient (Wildman–Crippen LogP) is 2.82. The topological polar surface area (TPSA) is 38.9 Å². The van der Waals surface area contributed by atoms with E-state index < -0.39 is 0 Å². The van der Waals surface area contributed by atoms with Crippen LogP contribution in [0, 0.1) is 5.92 Å². The van der Waals surface area contributed by atoms with Crippen molar-refractivity contribution in [2.75, 3.05) is 0 Å². The molecule has 1 aromatic carbocycles. The number of nitrogens with two attached hydrogens (primary N) is 1. The van der Waals surface area contributed by atoms with Gasteiger partial charge in [-0.2, -0.15) is 0 Å². The van der Waals surface area contributed by atoms with E-state index in [0.717, 1.165) is 11.1 Å². The maximum Gasteiger partial charge on any atom is 0.0702 e. The maximum absolute atomic E-state index is 6.39. The first kappa shape index (κ1) is 9.79. The Morgan fingerprint density at radius 3 is 2.81 bits per heavy atom. The summed E-state index contributed by atoms with van der Waals surface area (Å²) in [5, 5.41) is 1.18. The van der Waals surface area contributed by atoms with E-state index in [1.54, 1.807) is 0 Å². The van der Waals surface area contributed by atoms with E-state index in [-0.39, 0.29) is 5.54 Å². The lowest BCUT2D eigenvalue weighted by atomic mass is 9.88. The van der Waals surface area contributed by atoms with Gasteiger partial charge in [0.15, 0.2) is 0 Å². The third-order valence-corrected chi connectivity index (χ3v) is 3.64. The number of benzene rings is 1. The molecule has 0 radical (unpaired) electrons. The number of aromatic nitrogens is 1. The van der Waals surface area contributed by atoms with Crippen molar-refractivity contribution in [3.05, 3.63) is 42.1 Å². The normalized spacial score (nSPS) is 19.6. The van der Waals surface area contributed by atoms with Crippen LogP contribution < -0.4 is 5.73 Å². The molecule has 1 saturated carbocycles. The van der Waals surface area contributed by atoms with E-state index in [2.05, 4.69) is 24.0 Å². The van der Waals surface area contributed by atoms with Crippen molar-refractivity contribution < 1.29 is 0 Å². The number of hydrogen-bond donors (Lipinski definition) is 1. The van der Waals surface area contributed by atoms with E-state index >= 15 is 0 Å². The zero-order valence-electron chi connectivity index (χ0n) is 9.48. The Morgan fingerprint density at radius 1 is 1.31 bits per heavy atom. The van der Waals surface area contributed by atoms with Gasteiger partial charge in [0.25, 0.3) is 0 Å².